The Morgan fingerprint density at radius 1 is 0.929 bits per heavy atom. The smallest absolute Gasteiger partial charge is 0.256 e. The number of anilines is 1. The number of rotatable bonds is 4. The average molecular weight is 371 g/mol. The Labute approximate surface area is 163 Å². The molecule has 0 aromatic heterocycles. The molecule has 28 heavy (non-hydrogen) atoms. The Morgan fingerprint density at radius 3 is 2.57 bits per heavy atom. The van der Waals surface area contributed by atoms with Crippen molar-refractivity contribution in [2.45, 2.75) is 13.0 Å². The largest absolute Gasteiger partial charge is 0.336 e. The fraction of sp³-hybridized carbons (Fsp3) is 0.217. The van der Waals surface area contributed by atoms with Crippen molar-refractivity contribution in [2.75, 3.05) is 25.0 Å². The lowest BCUT2D eigenvalue weighted by Gasteiger charge is -2.27. The van der Waals surface area contributed by atoms with E-state index in [0.29, 0.717) is 13.1 Å². The van der Waals surface area contributed by atoms with Crippen LogP contribution in [-0.4, -0.2) is 36.3 Å². The van der Waals surface area contributed by atoms with Gasteiger partial charge in [-0.05, 0) is 40.6 Å². The van der Waals surface area contributed by atoms with Gasteiger partial charge in [0.25, 0.3) is 5.91 Å². The lowest BCUT2D eigenvalue weighted by molar-refractivity contribution is -0.132. The molecule has 5 rings (SSSR count). The van der Waals surface area contributed by atoms with E-state index in [2.05, 4.69) is 47.0 Å². The van der Waals surface area contributed by atoms with Gasteiger partial charge in [0, 0.05) is 36.3 Å². The molecule has 0 aliphatic carbocycles. The summed E-state index contributed by atoms with van der Waals surface area (Å²) in [5, 5.41) is 8.19. The second-order valence-electron chi connectivity index (χ2n) is 7.44. The van der Waals surface area contributed by atoms with Crippen LogP contribution in [-0.2, 0) is 17.8 Å². The molecule has 0 atom stereocenters. The van der Waals surface area contributed by atoms with E-state index < -0.39 is 0 Å². The van der Waals surface area contributed by atoms with Crippen molar-refractivity contribution in [3.63, 3.8) is 0 Å². The first-order valence-corrected chi connectivity index (χ1v) is 9.61. The van der Waals surface area contributed by atoms with E-state index in [4.69, 9.17) is 0 Å². The van der Waals surface area contributed by atoms with E-state index in [9.17, 15) is 9.59 Å². The number of hydrogen-bond acceptors (Lipinski definition) is 3. The summed E-state index contributed by atoms with van der Waals surface area (Å²) >= 11 is 0. The predicted octanol–water partition coefficient (Wildman–Crippen LogP) is 2.93. The molecule has 2 N–H and O–H groups in total. The lowest BCUT2D eigenvalue weighted by Crippen LogP contribution is -2.47. The first kappa shape index (κ1) is 17.0. The second kappa shape index (κ2) is 6.77. The van der Waals surface area contributed by atoms with Crippen LogP contribution >= 0.6 is 0 Å². The number of amides is 2. The summed E-state index contributed by atoms with van der Waals surface area (Å²) in [7, 11) is 0. The van der Waals surface area contributed by atoms with Crippen molar-refractivity contribution in [1.29, 1.82) is 0 Å². The molecule has 5 nitrogen and oxygen atoms in total. The van der Waals surface area contributed by atoms with Gasteiger partial charge in [-0.1, -0.05) is 42.5 Å². The lowest BCUT2D eigenvalue weighted by atomic mass is 9.95. The Morgan fingerprint density at radius 2 is 1.75 bits per heavy atom. The maximum Gasteiger partial charge on any atom is 0.256 e. The van der Waals surface area contributed by atoms with Crippen LogP contribution in [0.1, 0.15) is 27.0 Å². The van der Waals surface area contributed by atoms with Crippen LogP contribution in [0.4, 0.5) is 5.69 Å². The number of nitrogens with one attached hydrogen (secondary N) is 2. The van der Waals surface area contributed by atoms with Gasteiger partial charge in [0.15, 0.2) is 0 Å². The van der Waals surface area contributed by atoms with Gasteiger partial charge in [0.05, 0.1) is 6.54 Å². The fourth-order valence-electron chi connectivity index (χ4n) is 4.12. The molecule has 3 aromatic carbocycles. The molecule has 0 spiro atoms. The normalized spacial score (nSPS) is 15.9. The SMILES string of the molecule is O=C1Nc2ccc(Cc3ccc(CN4CCNCC4=O)cc3)c3cccc1c23. The molecule has 2 amide bonds. The van der Waals surface area contributed by atoms with Crippen molar-refractivity contribution in [1.82, 2.24) is 10.2 Å². The molecule has 140 valence electrons. The maximum atomic E-state index is 12.1. The molecule has 5 heteroatoms. The van der Waals surface area contributed by atoms with Gasteiger partial charge < -0.3 is 15.5 Å². The van der Waals surface area contributed by atoms with E-state index >= 15 is 0 Å². The number of carbonyl (C=O) groups excluding carboxylic acids is 2. The molecule has 1 fully saturated rings. The van der Waals surface area contributed by atoms with E-state index in [0.717, 1.165) is 47.1 Å². The zero-order valence-electron chi connectivity index (χ0n) is 15.5. The third-order valence-electron chi connectivity index (χ3n) is 5.60. The minimum Gasteiger partial charge on any atom is -0.336 e. The molecular formula is C23H21N3O2. The van der Waals surface area contributed by atoms with Crippen molar-refractivity contribution < 1.29 is 9.59 Å². The van der Waals surface area contributed by atoms with Gasteiger partial charge >= 0.3 is 0 Å². The number of nitrogens with zero attached hydrogens (tertiary/aromatic N) is 1. The third-order valence-corrected chi connectivity index (χ3v) is 5.60. The van der Waals surface area contributed by atoms with Crippen LogP contribution in [0.25, 0.3) is 10.8 Å². The van der Waals surface area contributed by atoms with E-state index in [1.807, 2.05) is 23.1 Å². The number of piperazine rings is 1. The van der Waals surface area contributed by atoms with Crippen LogP contribution < -0.4 is 10.6 Å². The predicted molar refractivity (Wildman–Crippen MR) is 109 cm³/mol. The molecule has 0 saturated carbocycles. The molecule has 0 unspecified atom stereocenters. The highest BCUT2D eigenvalue weighted by atomic mass is 16.2. The number of carbonyl (C=O) groups is 2. The molecular weight excluding hydrogens is 350 g/mol. The molecule has 0 radical (unpaired) electrons. The molecule has 3 aromatic rings. The summed E-state index contributed by atoms with van der Waals surface area (Å²) in [4.78, 5) is 25.9. The summed E-state index contributed by atoms with van der Waals surface area (Å²) in [5.41, 5.74) is 5.23. The Balaban J connectivity index is 1.38. The first-order chi connectivity index (χ1) is 13.7. The number of hydrogen-bond donors (Lipinski definition) is 2. The molecule has 2 aliphatic rings. The second-order valence-corrected chi connectivity index (χ2v) is 7.44. The van der Waals surface area contributed by atoms with Crippen LogP contribution in [0.5, 0.6) is 0 Å². The maximum absolute atomic E-state index is 12.1. The fourth-order valence-corrected chi connectivity index (χ4v) is 4.12. The van der Waals surface area contributed by atoms with E-state index in [1.54, 1.807) is 0 Å². The zero-order valence-corrected chi connectivity index (χ0v) is 15.5. The van der Waals surface area contributed by atoms with E-state index in [1.165, 1.54) is 11.1 Å². The summed E-state index contributed by atoms with van der Waals surface area (Å²) in [6.45, 7) is 2.70. The number of benzene rings is 3. The Hall–Kier alpha value is -3.18. The molecule has 1 saturated heterocycles. The van der Waals surface area contributed by atoms with Crippen LogP contribution in [0.15, 0.2) is 54.6 Å². The quantitative estimate of drug-likeness (QED) is 0.741. The Kier molecular flexibility index (Phi) is 4.10. The zero-order chi connectivity index (χ0) is 19.1. The molecule has 2 aliphatic heterocycles. The first-order valence-electron chi connectivity index (χ1n) is 9.61. The minimum atomic E-state index is -0.0236. The highest BCUT2D eigenvalue weighted by molar-refractivity contribution is 6.24. The summed E-state index contributed by atoms with van der Waals surface area (Å²) in [6, 6.07) is 18.5. The van der Waals surface area contributed by atoms with Crippen molar-refractivity contribution in [3.8, 4) is 0 Å². The van der Waals surface area contributed by atoms with Crippen LogP contribution in [0.2, 0.25) is 0 Å². The summed E-state index contributed by atoms with van der Waals surface area (Å²) < 4.78 is 0. The summed E-state index contributed by atoms with van der Waals surface area (Å²) in [6.07, 6.45) is 0.807. The third kappa shape index (κ3) is 2.94. The van der Waals surface area contributed by atoms with Gasteiger partial charge in [-0.3, -0.25) is 9.59 Å². The van der Waals surface area contributed by atoms with Crippen molar-refractivity contribution >= 4 is 28.3 Å². The van der Waals surface area contributed by atoms with Gasteiger partial charge in [0.1, 0.15) is 0 Å². The standard InChI is InChI=1S/C23H21N3O2/c27-21-13-24-10-11-26(21)14-16-6-4-15(5-7-16)12-17-8-9-20-22-18(17)2-1-3-19(22)23(28)25-20/h1-9,24H,10-14H2,(H,25,28). The molecule has 0 bridgehead atoms. The molecule has 2 heterocycles. The topological polar surface area (TPSA) is 61.4 Å². The van der Waals surface area contributed by atoms with Crippen molar-refractivity contribution in [2.24, 2.45) is 0 Å². The van der Waals surface area contributed by atoms with Gasteiger partial charge in [-0.15, -0.1) is 0 Å². The average Bonchev–Trinajstić information content (AvgIpc) is 3.04. The van der Waals surface area contributed by atoms with Gasteiger partial charge in [0.2, 0.25) is 5.91 Å². The van der Waals surface area contributed by atoms with Crippen molar-refractivity contribution in [3.05, 3.63) is 76.9 Å². The van der Waals surface area contributed by atoms with Gasteiger partial charge in [-0.2, -0.15) is 0 Å². The monoisotopic (exact) mass is 371 g/mol. The summed E-state index contributed by atoms with van der Waals surface area (Å²) in [5.74, 6) is 0.135. The Bertz CT molecular complexity index is 1090. The van der Waals surface area contributed by atoms with Gasteiger partial charge in [-0.25, -0.2) is 0 Å². The highest BCUT2D eigenvalue weighted by Gasteiger charge is 2.22. The van der Waals surface area contributed by atoms with Crippen LogP contribution in [0.3, 0.4) is 0 Å². The minimum absolute atomic E-state index is 0.0236. The highest BCUT2D eigenvalue weighted by Crippen LogP contribution is 2.35. The van der Waals surface area contributed by atoms with E-state index in [-0.39, 0.29) is 11.8 Å². The van der Waals surface area contributed by atoms with Crippen LogP contribution in [0, 0.1) is 0 Å².